The molecule has 3 aromatic heterocycles. The Morgan fingerprint density at radius 3 is 1.78 bits per heavy atom. The second-order valence-electron chi connectivity index (χ2n) is 17.9. The number of aryl methyl sites for hydroxylation is 1. The number of ketones is 1. The Balaban J connectivity index is 1.68. The van der Waals surface area contributed by atoms with Crippen LogP contribution in [0.3, 0.4) is 0 Å². The minimum absolute atomic E-state index is 0.0805. The standard InChI is InChI=1S/C24H43B14N7O5/c1-7-10-6-40-15(41-11-4-3-9(5-39-11)45-23(35,36)21(31,32)43-22(33,34)24(45,37)38)42-13(10)44(14(47)12(7)8(2)46)17(27)18(28,48)16(25,26)19(29,49)20(17,30)50/h3-6,43,48-50H,25-38H2,1-2H3,(H,39,40,41,42). The highest BCUT2D eigenvalue weighted by Crippen LogP contribution is 2.62. The van der Waals surface area contributed by atoms with Crippen molar-refractivity contribution in [2.75, 3.05) is 10.2 Å². The summed E-state index contributed by atoms with van der Waals surface area (Å²) in [6.07, 6.45) is 3.33. The van der Waals surface area contributed by atoms with E-state index in [1.54, 1.807) is 22.6 Å². The Hall–Kier alpha value is -2.54. The number of aromatic nitrogens is 4. The Morgan fingerprint density at radius 2 is 1.34 bits per heavy atom. The number of carbonyl (C=O) groups excluding carboxylic acids is 1. The van der Waals surface area contributed by atoms with Gasteiger partial charge in [-0.1, -0.05) is 0 Å². The lowest BCUT2D eigenvalue weighted by Crippen LogP contribution is -2.92. The molecule has 1 aliphatic carbocycles. The molecule has 3 aromatic rings. The van der Waals surface area contributed by atoms with Gasteiger partial charge in [-0.05, 0) is 58.1 Å². The number of aliphatic hydroxyl groups is 3. The third-order valence-corrected chi connectivity index (χ3v) is 14.3. The molecular formula is C24H43B14N7O5. The fourth-order valence-corrected chi connectivity index (χ4v) is 8.97. The summed E-state index contributed by atoms with van der Waals surface area (Å²) in [7, 11) is 26.9. The third kappa shape index (κ3) is 4.62. The van der Waals surface area contributed by atoms with Crippen LogP contribution in [0, 0.1) is 6.92 Å². The summed E-state index contributed by atoms with van der Waals surface area (Å²) in [5.74, 6) is 0.0838. The summed E-state index contributed by atoms with van der Waals surface area (Å²) < 4.78 is 1.18. The van der Waals surface area contributed by atoms with Crippen molar-refractivity contribution in [3.63, 3.8) is 0 Å². The summed E-state index contributed by atoms with van der Waals surface area (Å²) >= 11 is 0. The molecule has 0 bridgehead atoms. The van der Waals surface area contributed by atoms with Crippen LogP contribution in [0.15, 0.2) is 29.3 Å². The predicted octanol–water partition coefficient (Wildman–Crippen LogP) is -14.8. The summed E-state index contributed by atoms with van der Waals surface area (Å²) in [6, 6.07) is 3.86. The van der Waals surface area contributed by atoms with E-state index in [1.807, 2.05) is 18.3 Å². The number of hydrogen-bond acceptors (Lipinski definition) is 11. The van der Waals surface area contributed by atoms with Crippen molar-refractivity contribution in [2.45, 2.75) is 62.4 Å². The predicted molar refractivity (Wildman–Crippen MR) is 238 cm³/mol. The fourth-order valence-electron chi connectivity index (χ4n) is 8.97. The van der Waals surface area contributed by atoms with Gasteiger partial charge in [-0.25, -0.2) is 9.97 Å². The van der Waals surface area contributed by atoms with Crippen LogP contribution in [0.5, 0.6) is 0 Å². The summed E-state index contributed by atoms with van der Waals surface area (Å²) in [4.78, 5) is 43.8. The number of rotatable bonds is 5. The third-order valence-electron chi connectivity index (χ3n) is 14.3. The number of fused-ring (bicyclic) bond motifs is 1. The number of anilines is 3. The highest BCUT2D eigenvalue weighted by molar-refractivity contribution is 6.62. The smallest absolute Gasteiger partial charge is 0.263 e. The SMILES string of the molecule is BC1(B)NC(B)(B)C(B)(B)N(c2ccc(Nc3ncc4c(C)c(C(C)=O)c(=O)n(C5(B)C(B)(O)C(B)(B)C(B)(O)C5(B)O)c4n3)nc2)C1(B)B. The van der Waals surface area contributed by atoms with Gasteiger partial charge in [0.15, 0.2) is 5.78 Å². The lowest BCUT2D eigenvalue weighted by molar-refractivity contribution is -0.0610. The summed E-state index contributed by atoms with van der Waals surface area (Å²) in [5.41, 5.74) is -7.19. The lowest BCUT2D eigenvalue weighted by atomic mass is 9.27. The van der Waals surface area contributed by atoms with Gasteiger partial charge in [0.05, 0.1) is 28.4 Å². The highest BCUT2D eigenvalue weighted by Gasteiger charge is 2.78. The van der Waals surface area contributed by atoms with Gasteiger partial charge in [-0.3, -0.25) is 14.2 Å². The van der Waals surface area contributed by atoms with Crippen LogP contribution < -0.4 is 21.1 Å². The van der Waals surface area contributed by atoms with E-state index < -0.39 is 38.5 Å². The van der Waals surface area contributed by atoms with E-state index in [0.29, 0.717) is 16.8 Å². The molecule has 4 unspecified atom stereocenters. The number of nitrogens with one attached hydrogen (secondary N) is 2. The first-order valence-electron chi connectivity index (χ1n) is 17.3. The van der Waals surface area contributed by atoms with Crippen molar-refractivity contribution in [1.82, 2.24) is 24.8 Å². The molecule has 5 N–H and O–H groups in total. The van der Waals surface area contributed by atoms with Crippen LogP contribution in [0.2, 0.25) is 5.21 Å². The van der Waals surface area contributed by atoms with Crippen molar-refractivity contribution in [2.24, 2.45) is 0 Å². The Labute approximate surface area is 306 Å². The molecule has 26 heteroatoms. The van der Waals surface area contributed by atoms with Crippen LogP contribution in [-0.2, 0) is 5.44 Å². The molecule has 0 spiro atoms. The molecule has 0 amide bonds. The topological polar surface area (TPSA) is 166 Å². The fraction of sp³-hybridized carbons (Fsp3) is 0.458. The van der Waals surface area contributed by atoms with Gasteiger partial charge in [-0.2, -0.15) is 4.98 Å². The van der Waals surface area contributed by atoms with Crippen molar-refractivity contribution < 1.29 is 20.1 Å². The first kappa shape index (κ1) is 38.7. The van der Waals surface area contributed by atoms with E-state index in [1.165, 1.54) is 49.1 Å². The number of pyridine rings is 2. The summed E-state index contributed by atoms with van der Waals surface area (Å²) in [5, 5.41) is 41.3. The van der Waals surface area contributed by atoms with Crippen molar-refractivity contribution in [3.05, 3.63) is 46.0 Å². The Kier molecular flexibility index (Phi) is 8.50. The maximum absolute atomic E-state index is 14.4. The first-order chi connectivity index (χ1) is 22.4. The molecule has 2 aliphatic rings. The van der Waals surface area contributed by atoms with E-state index in [-0.39, 0.29) is 38.5 Å². The molecular weight excluding hydrogens is 618 g/mol. The zero-order chi connectivity index (χ0) is 38.2. The van der Waals surface area contributed by atoms with Crippen LogP contribution in [0.25, 0.3) is 11.0 Å². The van der Waals surface area contributed by atoms with Gasteiger partial charge in [-0.15, -0.1) is 0 Å². The Morgan fingerprint density at radius 1 is 0.800 bits per heavy atom. The number of Topliss-reactive ketones (excluding diaryl/α,β-unsaturated/α-hetero) is 1. The second kappa shape index (κ2) is 11.0. The van der Waals surface area contributed by atoms with Gasteiger partial charge in [0.2, 0.25) is 5.95 Å². The number of piperazine rings is 1. The quantitative estimate of drug-likeness (QED) is 0.130. The molecule has 12 nitrogen and oxygen atoms in total. The van der Waals surface area contributed by atoms with Crippen LogP contribution in [0.1, 0.15) is 22.8 Å². The largest absolute Gasteiger partial charge is 0.398 e. The van der Waals surface area contributed by atoms with Crippen LogP contribution in [0.4, 0.5) is 17.5 Å². The van der Waals surface area contributed by atoms with Gasteiger partial charge in [0.1, 0.15) is 121 Å². The lowest BCUT2D eigenvalue weighted by Gasteiger charge is -2.70. The van der Waals surface area contributed by atoms with E-state index in [2.05, 4.69) is 83.3 Å². The molecule has 2 fully saturated rings. The van der Waals surface area contributed by atoms with Gasteiger partial charge in [0.25, 0.3) is 5.56 Å². The molecule has 0 radical (unpaired) electrons. The molecule has 4 heterocycles. The van der Waals surface area contributed by atoms with Gasteiger partial charge in [0, 0.05) is 22.6 Å². The average molecular weight is 661 g/mol. The number of nitrogens with zero attached hydrogens (tertiary/aromatic N) is 5. The van der Waals surface area contributed by atoms with Gasteiger partial charge >= 0.3 is 0 Å². The minimum Gasteiger partial charge on any atom is -0.398 e. The van der Waals surface area contributed by atoms with E-state index in [4.69, 9.17) is 9.97 Å². The van der Waals surface area contributed by atoms with E-state index in [9.17, 15) is 24.9 Å². The van der Waals surface area contributed by atoms with E-state index >= 15 is 0 Å². The maximum Gasteiger partial charge on any atom is 0.263 e. The maximum atomic E-state index is 14.4. The molecule has 4 atom stereocenters. The Bertz CT molecular complexity index is 1940. The molecule has 0 aromatic carbocycles. The number of carbonyl (C=O) groups is 1. The summed E-state index contributed by atoms with van der Waals surface area (Å²) in [6.45, 7) is 2.95. The van der Waals surface area contributed by atoms with E-state index in [0.717, 1.165) is 5.69 Å². The second-order valence-corrected chi connectivity index (χ2v) is 17.9. The van der Waals surface area contributed by atoms with Crippen molar-refractivity contribution >= 4 is 144 Å². The molecule has 1 aliphatic heterocycles. The van der Waals surface area contributed by atoms with Crippen molar-refractivity contribution in [1.29, 1.82) is 0 Å². The minimum atomic E-state index is -2.09. The van der Waals surface area contributed by atoms with Crippen LogP contribution in [-0.4, -0.2) is 188 Å². The average Bonchev–Trinajstić information content (AvgIpc) is 3.00. The normalized spacial score (nSPS) is 32.0. The zero-order valence-corrected chi connectivity index (χ0v) is 32.7. The van der Waals surface area contributed by atoms with Crippen molar-refractivity contribution in [3.8, 4) is 0 Å². The van der Waals surface area contributed by atoms with Crippen LogP contribution >= 0.6 is 0 Å². The van der Waals surface area contributed by atoms with Gasteiger partial charge < -0.3 is 30.9 Å². The molecule has 246 valence electrons. The monoisotopic (exact) mass is 663 g/mol. The molecule has 1 saturated carbocycles. The highest BCUT2D eigenvalue weighted by atomic mass is 16.4. The molecule has 5 rings (SSSR count). The number of hydrogen-bond donors (Lipinski definition) is 5. The zero-order valence-electron chi connectivity index (χ0n) is 32.7. The molecule has 1 saturated heterocycles. The molecule has 50 heavy (non-hydrogen) atoms. The first-order valence-corrected chi connectivity index (χ1v) is 17.3.